The number of nitrogens with two attached hydrogens (primary N) is 1. The van der Waals surface area contributed by atoms with Gasteiger partial charge in [0.05, 0.1) is 0 Å². The summed E-state index contributed by atoms with van der Waals surface area (Å²) in [4.78, 5) is 0. The minimum absolute atomic E-state index is 0.279. The third-order valence-electron chi connectivity index (χ3n) is 3.83. The van der Waals surface area contributed by atoms with E-state index in [1.807, 2.05) is 0 Å². The third kappa shape index (κ3) is 2.99. The second-order valence-electron chi connectivity index (χ2n) is 4.91. The lowest BCUT2D eigenvalue weighted by molar-refractivity contribution is 0.307. The highest BCUT2D eigenvalue weighted by Crippen LogP contribution is 2.38. The van der Waals surface area contributed by atoms with Crippen LogP contribution in [0.1, 0.15) is 43.6 Å². The van der Waals surface area contributed by atoms with E-state index in [0.29, 0.717) is 17.5 Å². The van der Waals surface area contributed by atoms with Gasteiger partial charge in [-0.05, 0) is 43.0 Å². The van der Waals surface area contributed by atoms with Gasteiger partial charge < -0.3 is 5.73 Å². The Hall–Kier alpha value is -0.600. The van der Waals surface area contributed by atoms with Crippen molar-refractivity contribution in [2.24, 2.45) is 11.7 Å². The van der Waals surface area contributed by atoms with E-state index in [2.05, 4.69) is 0 Å². The molecule has 94 valence electrons. The van der Waals surface area contributed by atoms with E-state index < -0.39 is 0 Å². The molecule has 3 heteroatoms. The van der Waals surface area contributed by atoms with Crippen LogP contribution in [0.4, 0.5) is 4.39 Å². The molecule has 1 fully saturated rings. The summed E-state index contributed by atoms with van der Waals surface area (Å²) in [5.74, 6) is 0.610. The van der Waals surface area contributed by atoms with Crippen LogP contribution in [0.15, 0.2) is 18.2 Å². The topological polar surface area (TPSA) is 26.0 Å². The average molecular weight is 256 g/mol. The normalized spacial score (nSPS) is 19.2. The first-order valence-electron chi connectivity index (χ1n) is 6.37. The van der Waals surface area contributed by atoms with E-state index in [4.69, 9.17) is 17.3 Å². The van der Waals surface area contributed by atoms with Crippen molar-refractivity contribution < 1.29 is 4.39 Å². The summed E-state index contributed by atoms with van der Waals surface area (Å²) in [7, 11) is 0. The van der Waals surface area contributed by atoms with Crippen LogP contribution in [0, 0.1) is 11.7 Å². The Labute approximate surface area is 107 Å². The van der Waals surface area contributed by atoms with Gasteiger partial charge in [0, 0.05) is 10.9 Å². The molecule has 1 aromatic rings. The Morgan fingerprint density at radius 1 is 1.29 bits per heavy atom. The molecule has 0 spiro atoms. The summed E-state index contributed by atoms with van der Waals surface area (Å²) in [6, 6.07) is 4.67. The standard InChI is InChI=1S/C14H19ClFN/c15-14-8-11(16)6-7-12(14)13(9-17)10-4-2-1-3-5-10/h6-8,10,13H,1-5,9,17H2. The molecule has 0 aliphatic heterocycles. The molecule has 1 aliphatic rings. The van der Waals surface area contributed by atoms with Crippen LogP contribution >= 0.6 is 11.6 Å². The first-order chi connectivity index (χ1) is 8.22. The van der Waals surface area contributed by atoms with Gasteiger partial charge in [0.15, 0.2) is 0 Å². The zero-order valence-electron chi connectivity index (χ0n) is 9.96. The Balaban J connectivity index is 2.21. The van der Waals surface area contributed by atoms with Crippen molar-refractivity contribution in [3.05, 3.63) is 34.6 Å². The molecule has 0 heterocycles. The molecule has 1 unspecified atom stereocenters. The highest BCUT2D eigenvalue weighted by Gasteiger charge is 2.25. The average Bonchev–Trinajstić information content (AvgIpc) is 2.34. The number of rotatable bonds is 3. The minimum atomic E-state index is -0.279. The molecule has 1 aliphatic carbocycles. The molecular weight excluding hydrogens is 237 g/mol. The molecule has 0 amide bonds. The highest BCUT2D eigenvalue weighted by atomic mass is 35.5. The maximum absolute atomic E-state index is 13.0. The van der Waals surface area contributed by atoms with Gasteiger partial charge in [-0.2, -0.15) is 0 Å². The molecule has 1 saturated carbocycles. The zero-order valence-corrected chi connectivity index (χ0v) is 10.7. The molecule has 1 aromatic carbocycles. The lowest BCUT2D eigenvalue weighted by atomic mass is 9.77. The van der Waals surface area contributed by atoms with Crippen LogP contribution in [0.2, 0.25) is 5.02 Å². The summed E-state index contributed by atoms with van der Waals surface area (Å²) >= 11 is 6.13. The molecule has 1 nitrogen and oxygen atoms in total. The van der Waals surface area contributed by atoms with E-state index >= 15 is 0 Å². The van der Waals surface area contributed by atoms with Crippen LogP contribution in [-0.4, -0.2) is 6.54 Å². The zero-order chi connectivity index (χ0) is 12.3. The summed E-state index contributed by atoms with van der Waals surface area (Å²) in [5, 5.41) is 0.519. The van der Waals surface area contributed by atoms with Crippen molar-refractivity contribution in [2.75, 3.05) is 6.54 Å². The molecule has 0 aromatic heterocycles. The molecule has 2 N–H and O–H groups in total. The maximum Gasteiger partial charge on any atom is 0.124 e. The first-order valence-corrected chi connectivity index (χ1v) is 6.75. The second-order valence-corrected chi connectivity index (χ2v) is 5.31. The van der Waals surface area contributed by atoms with Crippen molar-refractivity contribution in [3.8, 4) is 0 Å². The van der Waals surface area contributed by atoms with Gasteiger partial charge in [0.25, 0.3) is 0 Å². The van der Waals surface area contributed by atoms with Crippen LogP contribution in [0.5, 0.6) is 0 Å². The second kappa shape index (κ2) is 5.83. The van der Waals surface area contributed by atoms with Crippen molar-refractivity contribution >= 4 is 11.6 Å². The predicted octanol–water partition coefficient (Wildman–Crippen LogP) is 4.10. The van der Waals surface area contributed by atoms with Gasteiger partial charge >= 0.3 is 0 Å². The maximum atomic E-state index is 13.0. The van der Waals surface area contributed by atoms with E-state index in [1.54, 1.807) is 6.07 Å². The molecule has 0 saturated heterocycles. The van der Waals surface area contributed by atoms with Crippen molar-refractivity contribution in [1.29, 1.82) is 0 Å². The summed E-state index contributed by atoms with van der Waals surface area (Å²) in [6.45, 7) is 0.593. The predicted molar refractivity (Wildman–Crippen MR) is 69.8 cm³/mol. The highest BCUT2D eigenvalue weighted by molar-refractivity contribution is 6.31. The van der Waals surface area contributed by atoms with E-state index in [0.717, 1.165) is 5.56 Å². The summed E-state index contributed by atoms with van der Waals surface area (Å²) in [6.07, 6.45) is 6.32. The minimum Gasteiger partial charge on any atom is -0.330 e. The fourth-order valence-corrected chi connectivity index (χ4v) is 3.22. The van der Waals surface area contributed by atoms with Crippen LogP contribution in [0.3, 0.4) is 0 Å². The Kier molecular flexibility index (Phi) is 4.41. The fraction of sp³-hybridized carbons (Fsp3) is 0.571. The number of benzene rings is 1. The Bertz CT molecular complexity index is 374. The van der Waals surface area contributed by atoms with Gasteiger partial charge in [-0.25, -0.2) is 4.39 Å². The smallest absolute Gasteiger partial charge is 0.124 e. The Morgan fingerprint density at radius 3 is 2.59 bits per heavy atom. The largest absolute Gasteiger partial charge is 0.330 e. The molecule has 2 rings (SSSR count). The number of halogens is 2. The fourth-order valence-electron chi connectivity index (χ4n) is 2.91. The summed E-state index contributed by atoms with van der Waals surface area (Å²) in [5.41, 5.74) is 6.91. The number of hydrogen-bond acceptors (Lipinski definition) is 1. The monoisotopic (exact) mass is 255 g/mol. The van der Waals surface area contributed by atoms with Crippen LogP contribution < -0.4 is 5.73 Å². The molecule has 0 bridgehead atoms. The summed E-state index contributed by atoms with van der Waals surface area (Å²) < 4.78 is 13.0. The Morgan fingerprint density at radius 2 is 2.00 bits per heavy atom. The molecule has 1 atom stereocenters. The van der Waals surface area contributed by atoms with Gasteiger partial charge in [-0.1, -0.05) is 36.9 Å². The van der Waals surface area contributed by atoms with Crippen molar-refractivity contribution in [2.45, 2.75) is 38.0 Å². The van der Waals surface area contributed by atoms with Gasteiger partial charge in [0.2, 0.25) is 0 Å². The van der Waals surface area contributed by atoms with Gasteiger partial charge in [-0.15, -0.1) is 0 Å². The molecule has 17 heavy (non-hydrogen) atoms. The lowest BCUT2D eigenvalue weighted by Gasteiger charge is -2.30. The lowest BCUT2D eigenvalue weighted by Crippen LogP contribution is -2.23. The number of hydrogen-bond donors (Lipinski definition) is 1. The van der Waals surface area contributed by atoms with Crippen molar-refractivity contribution in [3.63, 3.8) is 0 Å². The van der Waals surface area contributed by atoms with E-state index in [9.17, 15) is 4.39 Å². The van der Waals surface area contributed by atoms with E-state index in [-0.39, 0.29) is 11.7 Å². The van der Waals surface area contributed by atoms with Gasteiger partial charge in [-0.3, -0.25) is 0 Å². The quantitative estimate of drug-likeness (QED) is 0.865. The first kappa shape index (κ1) is 12.8. The SMILES string of the molecule is NCC(c1ccc(F)cc1Cl)C1CCCCC1. The van der Waals surface area contributed by atoms with Gasteiger partial charge in [0.1, 0.15) is 5.82 Å². The van der Waals surface area contributed by atoms with Crippen molar-refractivity contribution in [1.82, 2.24) is 0 Å². The van der Waals surface area contributed by atoms with Crippen LogP contribution in [0.25, 0.3) is 0 Å². The third-order valence-corrected chi connectivity index (χ3v) is 4.16. The van der Waals surface area contributed by atoms with Crippen LogP contribution in [-0.2, 0) is 0 Å². The van der Waals surface area contributed by atoms with E-state index in [1.165, 1.54) is 44.2 Å². The molecular formula is C14H19ClFN. The molecule has 0 radical (unpaired) electrons.